The molecule has 116 valence electrons. The van der Waals surface area contributed by atoms with Crippen LogP contribution in [0.15, 0.2) is 18.3 Å². The van der Waals surface area contributed by atoms with Crippen molar-refractivity contribution in [2.45, 2.75) is 32.5 Å². The molecule has 1 aliphatic rings. The van der Waals surface area contributed by atoms with Gasteiger partial charge >= 0.3 is 0 Å². The van der Waals surface area contributed by atoms with E-state index in [9.17, 15) is 4.79 Å². The summed E-state index contributed by atoms with van der Waals surface area (Å²) in [6.07, 6.45) is 1.85. The Morgan fingerprint density at radius 3 is 2.95 bits per heavy atom. The molecule has 0 saturated carbocycles. The van der Waals surface area contributed by atoms with Gasteiger partial charge in [-0.25, -0.2) is 4.98 Å². The molecule has 0 radical (unpaired) electrons. The maximum absolute atomic E-state index is 12.3. The van der Waals surface area contributed by atoms with Crippen LogP contribution in [0.25, 0.3) is 0 Å². The Morgan fingerprint density at radius 2 is 2.33 bits per heavy atom. The highest BCUT2D eigenvalue weighted by molar-refractivity contribution is 5.82. The van der Waals surface area contributed by atoms with Gasteiger partial charge in [0.2, 0.25) is 5.91 Å². The van der Waals surface area contributed by atoms with Gasteiger partial charge in [0.15, 0.2) is 0 Å². The van der Waals surface area contributed by atoms with Gasteiger partial charge in [0.25, 0.3) is 0 Å². The average molecular weight is 292 g/mol. The van der Waals surface area contributed by atoms with Crippen LogP contribution < -0.4 is 10.6 Å². The lowest BCUT2D eigenvalue weighted by atomic mass is 10.1. The average Bonchev–Trinajstić information content (AvgIpc) is 2.48. The summed E-state index contributed by atoms with van der Waals surface area (Å²) < 4.78 is 5.46. The molecule has 1 amide bonds. The number of morpholine rings is 1. The van der Waals surface area contributed by atoms with Crippen molar-refractivity contribution in [1.29, 1.82) is 0 Å². The lowest BCUT2D eigenvalue weighted by Crippen LogP contribution is -2.54. The lowest BCUT2D eigenvalue weighted by Gasteiger charge is -2.34. The predicted molar refractivity (Wildman–Crippen MR) is 82.1 cm³/mol. The highest BCUT2D eigenvalue weighted by Crippen LogP contribution is 2.13. The van der Waals surface area contributed by atoms with Crippen molar-refractivity contribution in [3.05, 3.63) is 23.9 Å². The summed E-state index contributed by atoms with van der Waals surface area (Å²) in [6, 6.07) is 3.88. The maximum atomic E-state index is 12.3. The molecule has 21 heavy (non-hydrogen) atoms. The lowest BCUT2D eigenvalue weighted by molar-refractivity contribution is -0.133. The van der Waals surface area contributed by atoms with Crippen LogP contribution >= 0.6 is 0 Å². The molecular formula is C15H24N4O2. The second kappa shape index (κ2) is 7.38. The Bertz CT molecular complexity index is 461. The largest absolute Gasteiger partial charge is 0.378 e. The number of anilines is 1. The molecule has 1 unspecified atom stereocenters. The molecule has 0 aromatic carbocycles. The topological polar surface area (TPSA) is 66.5 Å². The van der Waals surface area contributed by atoms with E-state index < -0.39 is 0 Å². The smallest absolute Gasteiger partial charge is 0.239 e. The summed E-state index contributed by atoms with van der Waals surface area (Å²) in [5.41, 5.74) is 1.10. The summed E-state index contributed by atoms with van der Waals surface area (Å²) in [4.78, 5) is 18.7. The molecule has 2 N–H and O–H groups in total. The van der Waals surface area contributed by atoms with Crippen molar-refractivity contribution in [3.8, 4) is 0 Å². The minimum atomic E-state index is -0.231. The Kier molecular flexibility index (Phi) is 5.52. The minimum absolute atomic E-state index is 0.0319. The van der Waals surface area contributed by atoms with Crippen LogP contribution in [-0.2, 0) is 16.1 Å². The zero-order chi connectivity index (χ0) is 15.2. The number of carbonyl (C=O) groups excluding carboxylic acids is 1. The van der Waals surface area contributed by atoms with Gasteiger partial charge in [-0.1, -0.05) is 6.07 Å². The van der Waals surface area contributed by atoms with E-state index in [2.05, 4.69) is 20.5 Å². The van der Waals surface area contributed by atoms with E-state index in [4.69, 9.17) is 4.74 Å². The number of aromatic nitrogens is 1. The fourth-order valence-corrected chi connectivity index (χ4v) is 2.35. The third-order valence-corrected chi connectivity index (χ3v) is 3.44. The normalized spacial score (nSPS) is 19.5. The number of carbonyl (C=O) groups is 1. The standard InChI is InChI=1S/C15H24N4O2/c1-11(2)18-15(20)13-10-21-7-6-19(13)9-12-4-5-14(16-3)17-8-12/h4-5,8,11,13H,6-7,9-10H2,1-3H3,(H,16,17)(H,18,20). The van der Waals surface area contributed by atoms with Crippen LogP contribution in [0.4, 0.5) is 5.82 Å². The van der Waals surface area contributed by atoms with Crippen LogP contribution in [0.1, 0.15) is 19.4 Å². The van der Waals surface area contributed by atoms with E-state index in [1.165, 1.54) is 0 Å². The van der Waals surface area contributed by atoms with Gasteiger partial charge < -0.3 is 15.4 Å². The van der Waals surface area contributed by atoms with Gasteiger partial charge in [-0.05, 0) is 25.5 Å². The highest BCUT2D eigenvalue weighted by atomic mass is 16.5. The second-order valence-corrected chi connectivity index (χ2v) is 5.53. The molecule has 6 heteroatoms. The molecule has 0 bridgehead atoms. The van der Waals surface area contributed by atoms with E-state index in [1.807, 2.05) is 39.2 Å². The zero-order valence-corrected chi connectivity index (χ0v) is 12.9. The van der Waals surface area contributed by atoms with E-state index in [0.717, 1.165) is 17.9 Å². The number of hydrogen-bond donors (Lipinski definition) is 2. The molecular weight excluding hydrogens is 268 g/mol. The molecule has 6 nitrogen and oxygen atoms in total. The molecule has 1 atom stereocenters. The van der Waals surface area contributed by atoms with E-state index >= 15 is 0 Å². The molecule has 0 aliphatic carbocycles. The van der Waals surface area contributed by atoms with Crippen molar-refractivity contribution >= 4 is 11.7 Å². The van der Waals surface area contributed by atoms with E-state index in [0.29, 0.717) is 19.8 Å². The molecule has 1 aromatic rings. The Labute approximate surface area is 125 Å². The van der Waals surface area contributed by atoms with Gasteiger partial charge in [-0.2, -0.15) is 0 Å². The van der Waals surface area contributed by atoms with Crippen LogP contribution in [-0.4, -0.2) is 54.7 Å². The Balaban J connectivity index is 2.02. The van der Waals surface area contributed by atoms with E-state index in [-0.39, 0.29) is 18.0 Å². The summed E-state index contributed by atoms with van der Waals surface area (Å²) in [5.74, 6) is 0.874. The van der Waals surface area contributed by atoms with Crippen LogP contribution in [0, 0.1) is 0 Å². The third kappa shape index (κ3) is 4.41. The quantitative estimate of drug-likeness (QED) is 0.842. The first-order valence-corrected chi connectivity index (χ1v) is 7.35. The van der Waals surface area contributed by atoms with Gasteiger partial charge in [0, 0.05) is 32.4 Å². The van der Waals surface area contributed by atoms with Crippen molar-refractivity contribution in [2.75, 3.05) is 32.1 Å². The van der Waals surface area contributed by atoms with Crippen molar-refractivity contribution in [1.82, 2.24) is 15.2 Å². The summed E-state index contributed by atoms with van der Waals surface area (Å²) in [6.45, 7) is 6.49. The Hall–Kier alpha value is -1.66. The van der Waals surface area contributed by atoms with Crippen LogP contribution in [0.5, 0.6) is 0 Å². The fraction of sp³-hybridized carbons (Fsp3) is 0.600. The number of nitrogens with zero attached hydrogens (tertiary/aromatic N) is 2. The number of hydrogen-bond acceptors (Lipinski definition) is 5. The SMILES string of the molecule is CNc1ccc(CN2CCOCC2C(=O)NC(C)C)cn1. The first-order valence-electron chi connectivity index (χ1n) is 7.35. The maximum Gasteiger partial charge on any atom is 0.239 e. The van der Waals surface area contributed by atoms with Crippen molar-refractivity contribution in [2.24, 2.45) is 0 Å². The molecule has 2 rings (SSSR count). The first kappa shape index (κ1) is 15.7. The van der Waals surface area contributed by atoms with Crippen molar-refractivity contribution < 1.29 is 9.53 Å². The molecule has 2 heterocycles. The Morgan fingerprint density at radius 1 is 1.52 bits per heavy atom. The summed E-state index contributed by atoms with van der Waals surface area (Å²) >= 11 is 0. The number of nitrogens with one attached hydrogen (secondary N) is 2. The third-order valence-electron chi connectivity index (χ3n) is 3.44. The number of pyridine rings is 1. The van der Waals surface area contributed by atoms with Gasteiger partial charge in [-0.15, -0.1) is 0 Å². The van der Waals surface area contributed by atoms with Crippen LogP contribution in [0.3, 0.4) is 0 Å². The minimum Gasteiger partial charge on any atom is -0.378 e. The van der Waals surface area contributed by atoms with Gasteiger partial charge in [0.05, 0.1) is 13.2 Å². The van der Waals surface area contributed by atoms with E-state index in [1.54, 1.807) is 0 Å². The monoisotopic (exact) mass is 292 g/mol. The number of ether oxygens (including phenoxy) is 1. The fourth-order valence-electron chi connectivity index (χ4n) is 2.35. The van der Waals surface area contributed by atoms with Gasteiger partial charge in [-0.3, -0.25) is 9.69 Å². The second-order valence-electron chi connectivity index (χ2n) is 5.53. The van der Waals surface area contributed by atoms with Crippen LogP contribution in [0.2, 0.25) is 0 Å². The number of rotatable bonds is 5. The number of amides is 1. The van der Waals surface area contributed by atoms with Gasteiger partial charge in [0.1, 0.15) is 11.9 Å². The predicted octanol–water partition coefficient (Wildman–Crippen LogP) is 0.849. The molecule has 1 saturated heterocycles. The summed E-state index contributed by atoms with van der Waals surface area (Å²) in [7, 11) is 1.84. The molecule has 1 fully saturated rings. The summed E-state index contributed by atoms with van der Waals surface area (Å²) in [5, 5.41) is 5.96. The first-order chi connectivity index (χ1) is 10.1. The van der Waals surface area contributed by atoms with Crippen molar-refractivity contribution in [3.63, 3.8) is 0 Å². The molecule has 1 aromatic heterocycles. The molecule has 1 aliphatic heterocycles. The highest BCUT2D eigenvalue weighted by Gasteiger charge is 2.29. The zero-order valence-electron chi connectivity index (χ0n) is 12.9. The molecule has 0 spiro atoms.